The molecular formula is C18H21F3N2O. The van der Waals surface area contributed by atoms with Crippen LogP contribution in [0.25, 0.3) is 0 Å². The highest BCUT2D eigenvalue weighted by Crippen LogP contribution is 2.33. The molecule has 6 heteroatoms. The molecule has 130 valence electrons. The van der Waals surface area contributed by atoms with Crippen molar-refractivity contribution >= 4 is 5.91 Å². The summed E-state index contributed by atoms with van der Waals surface area (Å²) in [5.74, 6) is 0.517. The van der Waals surface area contributed by atoms with Crippen LogP contribution in [-0.4, -0.2) is 41.4 Å². The number of fused-ring (bicyclic) bond motifs is 1. The lowest BCUT2D eigenvalue weighted by Crippen LogP contribution is -2.49. The van der Waals surface area contributed by atoms with Crippen molar-refractivity contribution in [3.63, 3.8) is 0 Å². The molecule has 1 amide bonds. The standard InChI is InChI=1S/C18H21F3N2O/c1-2-17(24)23-10-8-14-7-9-22(16(14)12-23)11-13-3-5-15(6-4-13)18(19,20)21/h2-6,14,16H,1,7-12H2/t14-,16+/m1/s1. The molecule has 0 radical (unpaired) electrons. The van der Waals surface area contributed by atoms with Gasteiger partial charge in [-0.2, -0.15) is 13.2 Å². The lowest BCUT2D eigenvalue weighted by atomic mass is 9.92. The number of halogens is 3. The van der Waals surface area contributed by atoms with Gasteiger partial charge in [-0.05, 0) is 49.1 Å². The van der Waals surface area contributed by atoms with Crippen molar-refractivity contribution in [1.82, 2.24) is 9.80 Å². The number of carbonyl (C=O) groups is 1. The first-order valence-electron chi connectivity index (χ1n) is 8.20. The number of hydrogen-bond donors (Lipinski definition) is 0. The number of carbonyl (C=O) groups excluding carboxylic acids is 1. The van der Waals surface area contributed by atoms with E-state index in [1.54, 1.807) is 12.1 Å². The van der Waals surface area contributed by atoms with E-state index in [0.717, 1.165) is 43.6 Å². The van der Waals surface area contributed by atoms with Crippen LogP contribution < -0.4 is 0 Å². The molecule has 0 N–H and O–H groups in total. The summed E-state index contributed by atoms with van der Waals surface area (Å²) in [7, 11) is 0. The molecule has 2 fully saturated rings. The number of alkyl halides is 3. The lowest BCUT2D eigenvalue weighted by molar-refractivity contribution is -0.137. The van der Waals surface area contributed by atoms with E-state index in [9.17, 15) is 18.0 Å². The van der Waals surface area contributed by atoms with Crippen LogP contribution in [0.4, 0.5) is 13.2 Å². The average Bonchev–Trinajstić information content (AvgIpc) is 2.96. The summed E-state index contributed by atoms with van der Waals surface area (Å²) in [6.07, 6.45) is -0.892. The molecule has 2 aliphatic rings. The van der Waals surface area contributed by atoms with Gasteiger partial charge in [-0.15, -0.1) is 0 Å². The molecule has 24 heavy (non-hydrogen) atoms. The van der Waals surface area contributed by atoms with Crippen LogP contribution in [0.3, 0.4) is 0 Å². The van der Waals surface area contributed by atoms with Gasteiger partial charge in [0.05, 0.1) is 5.56 Å². The van der Waals surface area contributed by atoms with Gasteiger partial charge in [0.15, 0.2) is 0 Å². The monoisotopic (exact) mass is 338 g/mol. The Bertz CT molecular complexity index is 612. The minimum absolute atomic E-state index is 0.0465. The molecule has 1 aromatic carbocycles. The van der Waals surface area contributed by atoms with Crippen molar-refractivity contribution < 1.29 is 18.0 Å². The molecule has 0 bridgehead atoms. The van der Waals surface area contributed by atoms with Crippen LogP contribution in [0.2, 0.25) is 0 Å². The van der Waals surface area contributed by atoms with Gasteiger partial charge in [-0.25, -0.2) is 0 Å². The van der Waals surface area contributed by atoms with Crippen molar-refractivity contribution in [2.45, 2.75) is 31.6 Å². The maximum atomic E-state index is 12.6. The Morgan fingerprint density at radius 1 is 1.21 bits per heavy atom. The number of likely N-dealkylation sites (tertiary alicyclic amines) is 2. The number of amides is 1. The van der Waals surface area contributed by atoms with Crippen molar-refractivity contribution in [3.05, 3.63) is 48.0 Å². The van der Waals surface area contributed by atoms with Crippen LogP contribution in [0.5, 0.6) is 0 Å². The largest absolute Gasteiger partial charge is 0.416 e. The maximum Gasteiger partial charge on any atom is 0.416 e. The van der Waals surface area contributed by atoms with Gasteiger partial charge in [0.1, 0.15) is 0 Å². The Labute approximate surface area is 139 Å². The normalized spacial score (nSPS) is 24.7. The van der Waals surface area contributed by atoms with E-state index in [2.05, 4.69) is 11.5 Å². The number of hydrogen-bond acceptors (Lipinski definition) is 2. The first-order chi connectivity index (χ1) is 11.4. The highest BCUT2D eigenvalue weighted by Gasteiger charge is 2.39. The number of nitrogens with zero attached hydrogens (tertiary/aromatic N) is 2. The fourth-order valence-corrected chi connectivity index (χ4v) is 3.79. The van der Waals surface area contributed by atoms with Crippen LogP contribution in [0.15, 0.2) is 36.9 Å². The van der Waals surface area contributed by atoms with E-state index >= 15 is 0 Å². The quantitative estimate of drug-likeness (QED) is 0.790. The highest BCUT2D eigenvalue weighted by molar-refractivity contribution is 5.87. The van der Waals surface area contributed by atoms with E-state index in [0.29, 0.717) is 19.0 Å². The second kappa shape index (κ2) is 6.59. The van der Waals surface area contributed by atoms with Crippen molar-refractivity contribution in [3.8, 4) is 0 Å². The number of rotatable bonds is 3. The zero-order valence-corrected chi connectivity index (χ0v) is 13.4. The first kappa shape index (κ1) is 17.0. The summed E-state index contributed by atoms with van der Waals surface area (Å²) in [5, 5.41) is 0. The summed E-state index contributed by atoms with van der Waals surface area (Å²) in [5.41, 5.74) is 0.252. The lowest BCUT2D eigenvalue weighted by Gasteiger charge is -2.38. The minimum atomic E-state index is -4.30. The molecule has 1 aromatic rings. The predicted octanol–water partition coefficient (Wildman–Crippen LogP) is 3.31. The molecule has 0 aliphatic carbocycles. The zero-order valence-electron chi connectivity index (χ0n) is 13.4. The summed E-state index contributed by atoms with van der Waals surface area (Å²) in [4.78, 5) is 15.9. The SMILES string of the molecule is C=CC(=O)N1CC[C@H]2CCN(Cc3ccc(C(F)(F)F)cc3)[C@H]2C1. The van der Waals surface area contributed by atoms with Crippen molar-refractivity contribution in [2.24, 2.45) is 5.92 Å². The molecule has 2 atom stereocenters. The molecule has 0 unspecified atom stereocenters. The summed E-state index contributed by atoms with van der Waals surface area (Å²) < 4.78 is 37.9. The van der Waals surface area contributed by atoms with Gasteiger partial charge < -0.3 is 4.90 Å². The van der Waals surface area contributed by atoms with E-state index in [1.807, 2.05) is 4.90 Å². The Morgan fingerprint density at radius 3 is 2.50 bits per heavy atom. The molecule has 0 saturated carbocycles. The predicted molar refractivity (Wildman–Crippen MR) is 85.1 cm³/mol. The molecular weight excluding hydrogens is 317 g/mol. The number of piperidine rings is 1. The molecule has 3 rings (SSSR count). The van der Waals surface area contributed by atoms with E-state index < -0.39 is 11.7 Å². The molecule has 3 nitrogen and oxygen atoms in total. The van der Waals surface area contributed by atoms with E-state index in [1.165, 1.54) is 6.08 Å². The number of benzene rings is 1. The summed E-state index contributed by atoms with van der Waals surface area (Å²) in [6, 6.07) is 5.65. The Morgan fingerprint density at radius 2 is 1.88 bits per heavy atom. The van der Waals surface area contributed by atoms with Crippen LogP contribution in [0.1, 0.15) is 24.0 Å². The Balaban J connectivity index is 1.67. The van der Waals surface area contributed by atoms with E-state index in [-0.39, 0.29) is 11.9 Å². The fraction of sp³-hybridized carbons (Fsp3) is 0.500. The Kier molecular flexibility index (Phi) is 4.67. The third kappa shape index (κ3) is 3.48. The second-order valence-corrected chi connectivity index (χ2v) is 6.56. The smallest absolute Gasteiger partial charge is 0.338 e. The topological polar surface area (TPSA) is 23.6 Å². The van der Waals surface area contributed by atoms with Gasteiger partial charge in [-0.3, -0.25) is 9.69 Å². The molecule has 2 aliphatic heterocycles. The van der Waals surface area contributed by atoms with Crippen LogP contribution in [0, 0.1) is 5.92 Å². The van der Waals surface area contributed by atoms with Crippen molar-refractivity contribution in [2.75, 3.05) is 19.6 Å². The third-order valence-electron chi connectivity index (χ3n) is 5.13. The van der Waals surface area contributed by atoms with Gasteiger partial charge >= 0.3 is 6.18 Å². The second-order valence-electron chi connectivity index (χ2n) is 6.56. The fourth-order valence-electron chi connectivity index (χ4n) is 3.79. The van der Waals surface area contributed by atoms with Gasteiger partial charge in [0.2, 0.25) is 5.91 Å². The minimum Gasteiger partial charge on any atom is -0.338 e. The van der Waals surface area contributed by atoms with E-state index in [4.69, 9.17) is 0 Å². The van der Waals surface area contributed by atoms with Gasteiger partial charge in [0.25, 0.3) is 0 Å². The summed E-state index contributed by atoms with van der Waals surface area (Å²) >= 11 is 0. The highest BCUT2D eigenvalue weighted by atomic mass is 19.4. The van der Waals surface area contributed by atoms with Gasteiger partial charge in [-0.1, -0.05) is 18.7 Å². The van der Waals surface area contributed by atoms with Crippen molar-refractivity contribution in [1.29, 1.82) is 0 Å². The van der Waals surface area contributed by atoms with Crippen LogP contribution in [-0.2, 0) is 17.5 Å². The molecule has 2 heterocycles. The molecule has 0 aromatic heterocycles. The van der Waals surface area contributed by atoms with Gasteiger partial charge in [0, 0.05) is 25.7 Å². The summed E-state index contributed by atoms with van der Waals surface area (Å²) in [6.45, 7) is 6.52. The first-order valence-corrected chi connectivity index (χ1v) is 8.20. The maximum absolute atomic E-state index is 12.6. The van der Waals surface area contributed by atoms with Crippen LogP contribution >= 0.6 is 0 Å². The third-order valence-corrected chi connectivity index (χ3v) is 5.13. The average molecular weight is 338 g/mol. The zero-order chi connectivity index (χ0) is 17.3. The Hall–Kier alpha value is -1.82. The molecule has 2 saturated heterocycles. The molecule has 0 spiro atoms.